The molecular weight excluding hydrogens is 308 g/mol. The Morgan fingerprint density at radius 2 is 1.87 bits per heavy atom. The summed E-state index contributed by atoms with van der Waals surface area (Å²) in [6.45, 7) is 6.98. The SMILES string of the molecule is Cc1ccc(OCCNC(C)C)c([N+](=O)[O-])c1.O=C(O)C(=O)O. The van der Waals surface area contributed by atoms with E-state index >= 15 is 0 Å². The number of carbonyl (C=O) groups is 2. The Morgan fingerprint density at radius 1 is 1.30 bits per heavy atom. The van der Waals surface area contributed by atoms with Gasteiger partial charge >= 0.3 is 17.6 Å². The van der Waals surface area contributed by atoms with Crippen LogP contribution in [0, 0.1) is 17.0 Å². The summed E-state index contributed by atoms with van der Waals surface area (Å²) in [7, 11) is 0. The minimum atomic E-state index is -1.82. The third kappa shape index (κ3) is 9.04. The number of rotatable bonds is 6. The lowest BCUT2D eigenvalue weighted by atomic mass is 10.2. The Hall–Kier alpha value is -2.68. The highest BCUT2D eigenvalue weighted by molar-refractivity contribution is 6.27. The van der Waals surface area contributed by atoms with Crippen molar-refractivity contribution >= 4 is 17.6 Å². The van der Waals surface area contributed by atoms with Gasteiger partial charge in [0.25, 0.3) is 0 Å². The maximum atomic E-state index is 10.8. The smallest absolute Gasteiger partial charge is 0.414 e. The summed E-state index contributed by atoms with van der Waals surface area (Å²) in [6, 6.07) is 5.35. The second-order valence-electron chi connectivity index (χ2n) is 4.80. The molecule has 9 nitrogen and oxygen atoms in total. The Bertz CT molecular complexity index is 546. The zero-order valence-electron chi connectivity index (χ0n) is 13.1. The molecule has 3 N–H and O–H groups in total. The van der Waals surface area contributed by atoms with Gasteiger partial charge in [-0.25, -0.2) is 9.59 Å². The molecule has 0 aliphatic rings. The number of ether oxygens (including phenoxy) is 1. The van der Waals surface area contributed by atoms with Crippen molar-refractivity contribution in [2.75, 3.05) is 13.2 Å². The first-order valence-corrected chi connectivity index (χ1v) is 6.72. The quantitative estimate of drug-likeness (QED) is 0.308. The molecule has 1 aromatic rings. The normalized spacial score (nSPS) is 9.74. The first kappa shape index (κ1) is 20.3. The van der Waals surface area contributed by atoms with Crippen molar-refractivity contribution in [3.05, 3.63) is 33.9 Å². The first-order valence-electron chi connectivity index (χ1n) is 6.72. The molecule has 23 heavy (non-hydrogen) atoms. The fourth-order valence-electron chi connectivity index (χ4n) is 1.40. The maximum absolute atomic E-state index is 10.8. The number of carboxylic acids is 2. The number of carboxylic acid groups (broad SMARTS) is 2. The Balaban J connectivity index is 0.000000688. The minimum Gasteiger partial charge on any atom is -0.485 e. The lowest BCUT2D eigenvalue weighted by Gasteiger charge is -2.10. The fraction of sp³-hybridized carbons (Fsp3) is 0.429. The van der Waals surface area contributed by atoms with Gasteiger partial charge in [-0.1, -0.05) is 19.9 Å². The summed E-state index contributed by atoms with van der Waals surface area (Å²) < 4.78 is 5.40. The summed E-state index contributed by atoms with van der Waals surface area (Å²) in [4.78, 5) is 28.6. The Kier molecular flexibility index (Phi) is 8.94. The van der Waals surface area contributed by atoms with Crippen LogP contribution in [-0.4, -0.2) is 46.3 Å². The van der Waals surface area contributed by atoms with Crippen LogP contribution in [0.25, 0.3) is 0 Å². The third-order valence-corrected chi connectivity index (χ3v) is 2.41. The molecular formula is C14H20N2O7. The number of nitro benzene ring substituents is 1. The van der Waals surface area contributed by atoms with Crippen LogP contribution in [-0.2, 0) is 9.59 Å². The monoisotopic (exact) mass is 328 g/mol. The van der Waals surface area contributed by atoms with Crippen molar-refractivity contribution < 1.29 is 29.5 Å². The molecule has 0 amide bonds. The van der Waals surface area contributed by atoms with Crippen molar-refractivity contribution in [3.63, 3.8) is 0 Å². The van der Waals surface area contributed by atoms with Crippen LogP contribution in [0.4, 0.5) is 5.69 Å². The van der Waals surface area contributed by atoms with Gasteiger partial charge in [-0.05, 0) is 18.6 Å². The molecule has 128 valence electrons. The molecule has 0 bridgehead atoms. The maximum Gasteiger partial charge on any atom is 0.414 e. The second-order valence-corrected chi connectivity index (χ2v) is 4.80. The van der Waals surface area contributed by atoms with E-state index in [2.05, 4.69) is 5.32 Å². The highest BCUT2D eigenvalue weighted by Crippen LogP contribution is 2.27. The molecule has 0 radical (unpaired) electrons. The van der Waals surface area contributed by atoms with Gasteiger partial charge in [0.1, 0.15) is 6.61 Å². The topological polar surface area (TPSA) is 139 Å². The van der Waals surface area contributed by atoms with Gasteiger partial charge in [-0.2, -0.15) is 0 Å². The van der Waals surface area contributed by atoms with E-state index in [1.165, 1.54) is 6.07 Å². The number of aryl methyl sites for hydroxylation is 1. The molecule has 0 saturated carbocycles. The van der Waals surface area contributed by atoms with E-state index in [-0.39, 0.29) is 5.69 Å². The van der Waals surface area contributed by atoms with Gasteiger partial charge in [-0.15, -0.1) is 0 Å². The predicted molar refractivity (Wildman–Crippen MR) is 81.7 cm³/mol. The molecule has 0 saturated heterocycles. The van der Waals surface area contributed by atoms with Gasteiger partial charge in [0.05, 0.1) is 4.92 Å². The summed E-state index contributed by atoms with van der Waals surface area (Å²) in [6.07, 6.45) is 0. The molecule has 0 aliphatic carbocycles. The lowest BCUT2D eigenvalue weighted by Crippen LogP contribution is -2.27. The van der Waals surface area contributed by atoms with Crippen LogP contribution in [0.3, 0.4) is 0 Å². The lowest BCUT2D eigenvalue weighted by molar-refractivity contribution is -0.385. The van der Waals surface area contributed by atoms with Crippen LogP contribution < -0.4 is 10.1 Å². The molecule has 0 fully saturated rings. The van der Waals surface area contributed by atoms with E-state index in [1.807, 2.05) is 20.8 Å². The summed E-state index contributed by atoms with van der Waals surface area (Å²) in [5.74, 6) is -3.32. The van der Waals surface area contributed by atoms with Gasteiger partial charge < -0.3 is 20.3 Å². The van der Waals surface area contributed by atoms with Crippen molar-refractivity contribution in [1.82, 2.24) is 5.32 Å². The molecule has 0 heterocycles. The second kappa shape index (κ2) is 10.1. The molecule has 0 atom stereocenters. The van der Waals surface area contributed by atoms with Crippen molar-refractivity contribution in [2.24, 2.45) is 0 Å². The number of benzene rings is 1. The van der Waals surface area contributed by atoms with Gasteiger partial charge in [0, 0.05) is 18.7 Å². The highest BCUT2D eigenvalue weighted by atomic mass is 16.6. The molecule has 0 aromatic heterocycles. The molecule has 1 aromatic carbocycles. The van der Waals surface area contributed by atoms with Crippen LogP contribution in [0.2, 0.25) is 0 Å². The molecule has 1 rings (SSSR count). The average molecular weight is 328 g/mol. The molecule has 0 aliphatic heterocycles. The van der Waals surface area contributed by atoms with Crippen molar-refractivity contribution in [3.8, 4) is 5.75 Å². The number of aliphatic carboxylic acids is 2. The van der Waals surface area contributed by atoms with Crippen LogP contribution in [0.5, 0.6) is 5.75 Å². The Morgan fingerprint density at radius 3 is 2.30 bits per heavy atom. The number of nitrogens with one attached hydrogen (secondary N) is 1. The summed E-state index contributed by atoms with van der Waals surface area (Å²) in [5, 5.41) is 28.8. The van der Waals surface area contributed by atoms with Gasteiger partial charge in [0.2, 0.25) is 0 Å². The first-order chi connectivity index (χ1) is 10.6. The zero-order chi connectivity index (χ0) is 18.0. The largest absolute Gasteiger partial charge is 0.485 e. The number of nitro groups is 1. The van der Waals surface area contributed by atoms with E-state index in [0.29, 0.717) is 24.9 Å². The standard InChI is InChI=1S/C12H18N2O3.C2H2O4/c1-9(2)13-6-7-17-12-5-4-10(3)8-11(12)14(15)16;3-1(4)2(5)6/h4-5,8-9,13H,6-7H2,1-3H3;(H,3,4)(H,5,6). The molecule has 0 spiro atoms. The van der Waals surface area contributed by atoms with Crippen molar-refractivity contribution in [2.45, 2.75) is 26.8 Å². The Labute approximate surface area is 133 Å². The fourth-order valence-corrected chi connectivity index (χ4v) is 1.40. The zero-order valence-corrected chi connectivity index (χ0v) is 13.1. The van der Waals surface area contributed by atoms with E-state index < -0.39 is 16.9 Å². The van der Waals surface area contributed by atoms with E-state index in [4.69, 9.17) is 24.5 Å². The highest BCUT2D eigenvalue weighted by Gasteiger charge is 2.14. The third-order valence-electron chi connectivity index (χ3n) is 2.41. The molecule has 9 heteroatoms. The van der Waals surface area contributed by atoms with Crippen molar-refractivity contribution in [1.29, 1.82) is 0 Å². The van der Waals surface area contributed by atoms with Crippen LogP contribution >= 0.6 is 0 Å². The van der Waals surface area contributed by atoms with Crippen LogP contribution in [0.1, 0.15) is 19.4 Å². The van der Waals surface area contributed by atoms with E-state index in [9.17, 15) is 10.1 Å². The average Bonchev–Trinajstić information content (AvgIpc) is 2.44. The van der Waals surface area contributed by atoms with Crippen LogP contribution in [0.15, 0.2) is 18.2 Å². The molecule has 0 unspecified atom stereocenters. The van der Waals surface area contributed by atoms with Gasteiger partial charge in [-0.3, -0.25) is 10.1 Å². The van der Waals surface area contributed by atoms with E-state index in [0.717, 1.165) is 5.56 Å². The number of nitrogens with zero attached hydrogens (tertiary/aromatic N) is 1. The summed E-state index contributed by atoms with van der Waals surface area (Å²) >= 11 is 0. The predicted octanol–water partition coefficient (Wildman–Crippen LogP) is 1.44. The number of hydrogen-bond donors (Lipinski definition) is 3. The number of hydrogen-bond acceptors (Lipinski definition) is 6. The van der Waals surface area contributed by atoms with Gasteiger partial charge in [0.15, 0.2) is 5.75 Å². The summed E-state index contributed by atoms with van der Waals surface area (Å²) in [5.41, 5.74) is 0.874. The minimum absolute atomic E-state index is 0.0227. The van der Waals surface area contributed by atoms with E-state index in [1.54, 1.807) is 12.1 Å².